The number of allylic oxidation sites excluding steroid dienone is 4. The monoisotopic (exact) mass is 784 g/mol. The van der Waals surface area contributed by atoms with Gasteiger partial charge in [0.25, 0.3) is 0 Å². The van der Waals surface area contributed by atoms with Crippen molar-refractivity contribution in [1.29, 1.82) is 0 Å². The van der Waals surface area contributed by atoms with E-state index in [1.807, 2.05) is 0 Å². The van der Waals surface area contributed by atoms with Gasteiger partial charge in [0, 0.05) is 0 Å². The fraction of sp³-hybridized carbons (Fsp3) is 0.267. The molecule has 0 aliphatic heterocycles. The van der Waals surface area contributed by atoms with Crippen molar-refractivity contribution in [3.05, 3.63) is 145 Å². The van der Waals surface area contributed by atoms with Crippen LogP contribution in [0.4, 0.5) is 0 Å². The van der Waals surface area contributed by atoms with Crippen molar-refractivity contribution in [3.63, 3.8) is 0 Å². The van der Waals surface area contributed by atoms with Crippen molar-refractivity contribution in [2.45, 2.75) is 79.1 Å². The topological polar surface area (TPSA) is 0 Å². The van der Waals surface area contributed by atoms with Crippen LogP contribution in [0.2, 0.25) is 5.02 Å². The van der Waals surface area contributed by atoms with Crippen LogP contribution in [0.3, 0.4) is 0 Å². The van der Waals surface area contributed by atoms with Crippen LogP contribution < -0.4 is 9.81 Å². The second-order valence-electron chi connectivity index (χ2n) is 16.3. The summed E-state index contributed by atoms with van der Waals surface area (Å²) in [4.78, 5) is 0. The maximum atomic E-state index is 6.67. The first-order valence-corrected chi connectivity index (χ1v) is 24.1. The summed E-state index contributed by atoms with van der Waals surface area (Å²) in [7, 11) is 0. The summed E-state index contributed by atoms with van der Waals surface area (Å²) in [5, 5.41) is 3.34. The first kappa shape index (κ1) is 37.7. The van der Waals surface area contributed by atoms with E-state index in [0.717, 1.165) is 17.9 Å². The van der Waals surface area contributed by atoms with Crippen LogP contribution in [0.25, 0.3) is 21.9 Å². The average molecular weight is 787 g/mol. The zero-order valence-corrected chi connectivity index (χ0v) is 35.0. The number of hydrogen-bond donors (Lipinski definition) is 0. The van der Waals surface area contributed by atoms with Crippen LogP contribution in [0.5, 0.6) is 0 Å². The van der Waals surface area contributed by atoms with Gasteiger partial charge in [0.2, 0.25) is 0 Å². The maximum absolute atomic E-state index is 6.67. The minimum atomic E-state index is -5.06. The van der Waals surface area contributed by atoms with E-state index >= 15 is 0 Å². The zero-order valence-electron chi connectivity index (χ0n) is 30.1. The summed E-state index contributed by atoms with van der Waals surface area (Å²) in [6.45, 7) is 18.8. The quantitative estimate of drug-likeness (QED) is 0.167. The SMILES string of the molecule is Cl.Cl.[CH2]=[Zr]([C]1=CC=CC1)([c]1ccc(Cl)cc1)([c]1c(C)c(C(C)(C)C)cc2c1Cc1cc(C)c(C(C)(C)C)cc1-2)[c]1cccc2ccccc12. The molecule has 5 aromatic carbocycles. The Bertz CT molecular complexity index is 2230. The summed E-state index contributed by atoms with van der Waals surface area (Å²) in [5.41, 5.74) is 11.4. The number of hydrogen-bond acceptors (Lipinski definition) is 0. The van der Waals surface area contributed by atoms with E-state index in [1.165, 1.54) is 68.4 Å². The molecule has 49 heavy (non-hydrogen) atoms. The summed E-state index contributed by atoms with van der Waals surface area (Å²) >= 11 is 1.61. The molecule has 0 nitrogen and oxygen atoms in total. The molecule has 4 heteroatoms. The Hall–Kier alpha value is -2.54. The van der Waals surface area contributed by atoms with Crippen LogP contribution in [-0.4, -0.2) is 4.21 Å². The zero-order chi connectivity index (χ0) is 33.5. The molecule has 0 radical (unpaired) electrons. The molecule has 0 aromatic heterocycles. The number of benzene rings is 5. The van der Waals surface area contributed by atoms with Crippen LogP contribution >= 0.6 is 36.4 Å². The number of halogens is 3. The van der Waals surface area contributed by atoms with E-state index in [9.17, 15) is 0 Å². The molecule has 2 aliphatic rings. The fourth-order valence-electron chi connectivity index (χ4n) is 9.28. The minimum absolute atomic E-state index is 0. The molecule has 0 N–H and O–H groups in total. The Balaban J connectivity index is 0.00000234. The molecule has 0 saturated carbocycles. The molecule has 0 bridgehead atoms. The van der Waals surface area contributed by atoms with E-state index in [2.05, 4.69) is 159 Å². The standard InChI is InChI=1S/C23H29.C10H7.C6H4Cl.C5H5.CH2.2ClH.Zr/c1-14-9-16-11-17-10-15(2)21(23(6,7)8)13-19(17)18(16)12-20(14)22(3,4)5;1-2-6-10-8-4-3-7-9(10)5-1;7-6-4-2-1-3-5-6;1-2-4-5-3-1;;;;/h9,12-13H,11H2,1-8H3;1-7H;2-5H;1-3H,4H2;1H2;2*1H;. The molecule has 0 amide bonds. The molecule has 0 spiro atoms. The Kier molecular flexibility index (Phi) is 9.93. The molecule has 5 aromatic rings. The summed E-state index contributed by atoms with van der Waals surface area (Å²) in [6.07, 6.45) is 8.87. The Morgan fingerprint density at radius 2 is 1.37 bits per heavy atom. The molecule has 0 saturated heterocycles. The van der Waals surface area contributed by atoms with E-state index in [4.69, 9.17) is 15.8 Å². The average Bonchev–Trinajstić information content (AvgIpc) is 3.68. The number of fused-ring (bicyclic) bond motifs is 4. The van der Waals surface area contributed by atoms with Crippen molar-refractivity contribution in [1.82, 2.24) is 0 Å². The van der Waals surface area contributed by atoms with Crippen molar-refractivity contribution in [2.75, 3.05) is 0 Å². The molecule has 0 atom stereocenters. The second kappa shape index (κ2) is 12.9. The number of rotatable bonds is 4. The van der Waals surface area contributed by atoms with Crippen molar-refractivity contribution >= 4 is 61.2 Å². The van der Waals surface area contributed by atoms with E-state index in [1.54, 1.807) is 0 Å². The molecular weight excluding hydrogens is 738 g/mol. The van der Waals surface area contributed by atoms with Gasteiger partial charge in [0.1, 0.15) is 0 Å². The van der Waals surface area contributed by atoms with Gasteiger partial charge in [-0.2, -0.15) is 0 Å². The molecule has 7 rings (SSSR count). The van der Waals surface area contributed by atoms with Crippen LogP contribution in [0.15, 0.2) is 106 Å². The Morgan fingerprint density at radius 3 is 2.00 bits per heavy atom. The van der Waals surface area contributed by atoms with Gasteiger partial charge < -0.3 is 0 Å². The predicted octanol–water partition coefficient (Wildman–Crippen LogP) is 11.4. The van der Waals surface area contributed by atoms with Gasteiger partial charge in [0.15, 0.2) is 0 Å². The van der Waals surface area contributed by atoms with Gasteiger partial charge in [0.05, 0.1) is 0 Å². The molecule has 0 unspecified atom stereocenters. The molecule has 254 valence electrons. The Morgan fingerprint density at radius 1 is 0.735 bits per heavy atom. The fourth-order valence-corrected chi connectivity index (χ4v) is 26.6. The van der Waals surface area contributed by atoms with E-state index < -0.39 is 18.3 Å². The first-order valence-electron chi connectivity index (χ1n) is 17.1. The molecule has 0 heterocycles. The Labute approximate surface area is 312 Å². The number of aryl methyl sites for hydroxylation is 1. The molecular formula is C45H49Cl3Zr. The van der Waals surface area contributed by atoms with Crippen molar-refractivity contribution in [2.24, 2.45) is 0 Å². The first-order chi connectivity index (χ1) is 22.1. The van der Waals surface area contributed by atoms with Gasteiger partial charge >= 0.3 is 290 Å². The van der Waals surface area contributed by atoms with Gasteiger partial charge in [-0.3, -0.25) is 0 Å². The van der Waals surface area contributed by atoms with Crippen molar-refractivity contribution in [3.8, 4) is 11.1 Å². The molecule has 0 fully saturated rings. The predicted molar refractivity (Wildman–Crippen MR) is 219 cm³/mol. The second-order valence-corrected chi connectivity index (χ2v) is 29.4. The summed E-state index contributed by atoms with van der Waals surface area (Å²) in [5.74, 6) is 0. The van der Waals surface area contributed by atoms with Gasteiger partial charge in [-0.05, 0) is 0 Å². The van der Waals surface area contributed by atoms with Crippen LogP contribution in [-0.2, 0) is 35.5 Å². The van der Waals surface area contributed by atoms with Gasteiger partial charge in [-0.1, -0.05) is 0 Å². The summed E-state index contributed by atoms with van der Waals surface area (Å²) in [6, 6.07) is 32.3. The van der Waals surface area contributed by atoms with Crippen LogP contribution in [0.1, 0.15) is 81.3 Å². The van der Waals surface area contributed by atoms with Crippen molar-refractivity contribution < 1.29 is 18.3 Å². The third kappa shape index (κ3) is 5.63. The third-order valence-electron chi connectivity index (χ3n) is 11.3. The van der Waals surface area contributed by atoms with Crippen LogP contribution in [0, 0.1) is 13.8 Å². The van der Waals surface area contributed by atoms with Gasteiger partial charge in [-0.15, -0.1) is 24.8 Å². The third-order valence-corrected chi connectivity index (χ3v) is 28.3. The van der Waals surface area contributed by atoms with E-state index in [-0.39, 0.29) is 35.6 Å². The van der Waals surface area contributed by atoms with E-state index in [0.29, 0.717) is 0 Å². The molecule has 2 aliphatic carbocycles. The summed E-state index contributed by atoms with van der Waals surface area (Å²) < 4.78 is 11.6. The normalized spacial score (nSPS) is 14.2. The van der Waals surface area contributed by atoms with Gasteiger partial charge in [-0.25, -0.2) is 0 Å².